The van der Waals surface area contributed by atoms with E-state index in [1.807, 2.05) is 48.7 Å². The van der Waals surface area contributed by atoms with Crippen LogP contribution in [-0.4, -0.2) is 23.3 Å². The molecule has 0 aliphatic heterocycles. The minimum atomic E-state index is 0.746. The van der Waals surface area contributed by atoms with Crippen LogP contribution in [0.3, 0.4) is 0 Å². The van der Waals surface area contributed by atoms with Crippen LogP contribution < -0.4 is 4.74 Å². The fourth-order valence-corrected chi connectivity index (χ4v) is 2.64. The Labute approximate surface area is 122 Å². The summed E-state index contributed by atoms with van der Waals surface area (Å²) in [5, 5.41) is 2.10. The number of hydrogen-bond acceptors (Lipinski definition) is 4. The van der Waals surface area contributed by atoms with Gasteiger partial charge in [0.25, 0.3) is 0 Å². The Kier molecular flexibility index (Phi) is 3.56. The number of thioether (sulfide) groups is 1. The first-order chi connectivity index (χ1) is 9.81. The number of para-hydroxylation sites is 1. The molecule has 0 bridgehead atoms. The van der Waals surface area contributed by atoms with Crippen molar-refractivity contribution in [3.05, 3.63) is 48.5 Å². The third-order valence-electron chi connectivity index (χ3n) is 3.11. The van der Waals surface area contributed by atoms with Crippen molar-refractivity contribution >= 4 is 22.7 Å². The van der Waals surface area contributed by atoms with Gasteiger partial charge in [-0.1, -0.05) is 18.2 Å². The summed E-state index contributed by atoms with van der Waals surface area (Å²) in [7, 11) is 1.66. The van der Waals surface area contributed by atoms with Crippen LogP contribution in [-0.2, 0) is 0 Å². The van der Waals surface area contributed by atoms with Crippen molar-refractivity contribution in [2.24, 2.45) is 0 Å². The predicted octanol–water partition coefficient (Wildman–Crippen LogP) is 4.03. The van der Waals surface area contributed by atoms with Crippen LogP contribution in [0.4, 0.5) is 0 Å². The zero-order valence-electron chi connectivity index (χ0n) is 11.3. The number of aromatic nitrogens is 2. The van der Waals surface area contributed by atoms with E-state index in [4.69, 9.17) is 4.74 Å². The third kappa shape index (κ3) is 2.34. The van der Waals surface area contributed by atoms with Gasteiger partial charge in [-0.3, -0.25) is 0 Å². The second-order valence-corrected chi connectivity index (χ2v) is 5.10. The predicted molar refractivity (Wildman–Crippen MR) is 83.3 cm³/mol. The first-order valence-corrected chi connectivity index (χ1v) is 7.49. The third-order valence-corrected chi connectivity index (χ3v) is 3.81. The highest BCUT2D eigenvalue weighted by Crippen LogP contribution is 2.27. The molecule has 0 amide bonds. The highest BCUT2D eigenvalue weighted by atomic mass is 32.2. The molecular formula is C16H14N2OS. The van der Waals surface area contributed by atoms with E-state index in [0.29, 0.717) is 0 Å². The molecule has 0 aliphatic carbocycles. The lowest BCUT2D eigenvalue weighted by Gasteiger charge is -2.07. The van der Waals surface area contributed by atoms with Gasteiger partial charge in [0.15, 0.2) is 5.82 Å². The Bertz CT molecular complexity index is 741. The fourth-order valence-electron chi connectivity index (χ4n) is 2.07. The van der Waals surface area contributed by atoms with Gasteiger partial charge < -0.3 is 4.74 Å². The molecular weight excluding hydrogens is 268 g/mol. The molecule has 0 saturated carbocycles. The van der Waals surface area contributed by atoms with Gasteiger partial charge in [0, 0.05) is 10.9 Å². The molecule has 4 heteroatoms. The molecule has 0 fully saturated rings. The van der Waals surface area contributed by atoms with Crippen molar-refractivity contribution in [3.63, 3.8) is 0 Å². The number of nitrogens with zero attached hydrogens (tertiary/aromatic N) is 2. The van der Waals surface area contributed by atoms with Gasteiger partial charge in [0.2, 0.25) is 0 Å². The van der Waals surface area contributed by atoms with Crippen LogP contribution in [0.25, 0.3) is 22.3 Å². The van der Waals surface area contributed by atoms with E-state index in [-0.39, 0.29) is 0 Å². The smallest absolute Gasteiger partial charge is 0.161 e. The first kappa shape index (κ1) is 12.9. The molecule has 0 unspecified atom stereocenters. The Morgan fingerprint density at radius 2 is 1.70 bits per heavy atom. The molecule has 0 N–H and O–H groups in total. The molecule has 0 spiro atoms. The molecule has 0 atom stereocenters. The number of fused-ring (bicyclic) bond motifs is 1. The molecule has 1 aromatic heterocycles. The zero-order valence-corrected chi connectivity index (χ0v) is 12.1. The van der Waals surface area contributed by atoms with Gasteiger partial charge >= 0.3 is 0 Å². The van der Waals surface area contributed by atoms with E-state index in [1.165, 1.54) is 0 Å². The van der Waals surface area contributed by atoms with Crippen molar-refractivity contribution in [3.8, 4) is 17.1 Å². The van der Waals surface area contributed by atoms with Crippen molar-refractivity contribution in [2.75, 3.05) is 13.4 Å². The molecule has 0 aliphatic rings. The summed E-state index contributed by atoms with van der Waals surface area (Å²) in [6.07, 6.45) is 2.03. The summed E-state index contributed by atoms with van der Waals surface area (Å²) in [4.78, 5) is 9.30. The van der Waals surface area contributed by atoms with Gasteiger partial charge in [0.1, 0.15) is 10.8 Å². The average molecular weight is 282 g/mol. The normalized spacial score (nSPS) is 10.7. The zero-order chi connectivity index (χ0) is 13.9. The Morgan fingerprint density at radius 1 is 0.950 bits per heavy atom. The maximum atomic E-state index is 5.18. The number of methoxy groups -OCH3 is 1. The summed E-state index contributed by atoms with van der Waals surface area (Å²) in [5.74, 6) is 1.58. The monoisotopic (exact) mass is 282 g/mol. The van der Waals surface area contributed by atoms with Crippen molar-refractivity contribution in [1.29, 1.82) is 0 Å². The minimum Gasteiger partial charge on any atom is -0.497 e. The lowest BCUT2D eigenvalue weighted by atomic mass is 10.2. The number of ether oxygens (including phenoxy) is 1. The maximum absolute atomic E-state index is 5.18. The van der Waals surface area contributed by atoms with E-state index in [0.717, 1.165) is 33.1 Å². The van der Waals surface area contributed by atoms with Gasteiger partial charge in [-0.05, 0) is 36.6 Å². The molecule has 2 aromatic carbocycles. The quantitative estimate of drug-likeness (QED) is 0.536. The molecule has 1 heterocycles. The van der Waals surface area contributed by atoms with Crippen LogP contribution in [0, 0.1) is 0 Å². The largest absolute Gasteiger partial charge is 0.497 e. The topological polar surface area (TPSA) is 35.0 Å². The average Bonchev–Trinajstić information content (AvgIpc) is 2.54. The molecule has 20 heavy (non-hydrogen) atoms. The van der Waals surface area contributed by atoms with E-state index < -0.39 is 0 Å². The number of rotatable bonds is 3. The summed E-state index contributed by atoms with van der Waals surface area (Å²) in [6.45, 7) is 0. The molecule has 100 valence electrons. The lowest BCUT2D eigenvalue weighted by Crippen LogP contribution is -1.93. The van der Waals surface area contributed by atoms with Gasteiger partial charge in [-0.2, -0.15) is 0 Å². The number of benzene rings is 2. The summed E-state index contributed by atoms with van der Waals surface area (Å²) >= 11 is 1.64. The minimum absolute atomic E-state index is 0.746. The second kappa shape index (κ2) is 5.51. The first-order valence-electron chi connectivity index (χ1n) is 6.27. The van der Waals surface area contributed by atoms with E-state index in [2.05, 4.69) is 16.0 Å². The van der Waals surface area contributed by atoms with E-state index >= 15 is 0 Å². The molecule has 0 saturated heterocycles. The standard InChI is InChI=1S/C16H14N2OS/c1-19-12-9-7-11(8-10-12)15-17-14-6-4-3-5-13(14)16(18-15)20-2/h3-10H,1-2H3. The molecule has 3 rings (SSSR count). The molecule has 0 radical (unpaired) electrons. The second-order valence-electron chi connectivity index (χ2n) is 4.30. The maximum Gasteiger partial charge on any atom is 0.161 e. The van der Waals surface area contributed by atoms with Crippen molar-refractivity contribution < 1.29 is 4.74 Å². The van der Waals surface area contributed by atoms with Gasteiger partial charge in [0.05, 0.1) is 12.6 Å². The Hall–Kier alpha value is -2.07. The van der Waals surface area contributed by atoms with Crippen LogP contribution in [0.5, 0.6) is 5.75 Å². The van der Waals surface area contributed by atoms with Crippen molar-refractivity contribution in [2.45, 2.75) is 5.03 Å². The summed E-state index contributed by atoms with van der Waals surface area (Å²) in [5.41, 5.74) is 1.96. The lowest BCUT2D eigenvalue weighted by molar-refractivity contribution is 0.415. The number of hydrogen-bond donors (Lipinski definition) is 0. The van der Waals surface area contributed by atoms with E-state index in [9.17, 15) is 0 Å². The fraction of sp³-hybridized carbons (Fsp3) is 0.125. The SMILES string of the molecule is COc1ccc(-c2nc(SC)c3ccccc3n2)cc1. The van der Waals surface area contributed by atoms with E-state index in [1.54, 1.807) is 18.9 Å². The molecule has 3 aromatic rings. The van der Waals surface area contributed by atoms with Crippen LogP contribution in [0.1, 0.15) is 0 Å². The van der Waals surface area contributed by atoms with Crippen LogP contribution >= 0.6 is 11.8 Å². The van der Waals surface area contributed by atoms with Crippen molar-refractivity contribution in [1.82, 2.24) is 9.97 Å². The summed E-state index contributed by atoms with van der Waals surface area (Å²) in [6, 6.07) is 15.9. The molecule has 3 nitrogen and oxygen atoms in total. The van der Waals surface area contributed by atoms with Gasteiger partial charge in [-0.15, -0.1) is 11.8 Å². The highest BCUT2D eigenvalue weighted by molar-refractivity contribution is 7.98. The highest BCUT2D eigenvalue weighted by Gasteiger charge is 2.08. The van der Waals surface area contributed by atoms with Gasteiger partial charge in [-0.25, -0.2) is 9.97 Å². The van der Waals surface area contributed by atoms with Crippen LogP contribution in [0.15, 0.2) is 53.6 Å². The Balaban J connectivity index is 2.15. The Morgan fingerprint density at radius 3 is 2.40 bits per heavy atom. The summed E-state index contributed by atoms with van der Waals surface area (Å²) < 4.78 is 5.18. The van der Waals surface area contributed by atoms with Crippen LogP contribution in [0.2, 0.25) is 0 Å².